The van der Waals surface area contributed by atoms with E-state index in [1.165, 1.54) is 0 Å². The van der Waals surface area contributed by atoms with Crippen molar-refractivity contribution >= 4 is 27.3 Å². The number of nitrogens with one attached hydrogen (secondary N) is 1. The van der Waals surface area contributed by atoms with Gasteiger partial charge in [0.15, 0.2) is 0 Å². The SMILES string of the molecule is CCCOc1ccc(S(=O)(=O)Nc2cc3c4c(c2)CCC(=O)N4CCC3)cc1C. The molecule has 0 saturated carbocycles. The molecule has 0 saturated heterocycles. The van der Waals surface area contributed by atoms with E-state index in [2.05, 4.69) is 4.72 Å². The topological polar surface area (TPSA) is 75.7 Å². The van der Waals surface area contributed by atoms with Crippen molar-refractivity contribution in [1.82, 2.24) is 0 Å². The minimum Gasteiger partial charge on any atom is -0.493 e. The minimum atomic E-state index is -3.72. The van der Waals surface area contributed by atoms with Crippen LogP contribution in [0.4, 0.5) is 11.4 Å². The zero-order valence-corrected chi connectivity index (χ0v) is 17.6. The third-order valence-corrected chi connectivity index (χ3v) is 6.82. The fourth-order valence-electron chi connectivity index (χ4n) is 4.09. The highest BCUT2D eigenvalue weighted by molar-refractivity contribution is 7.92. The van der Waals surface area contributed by atoms with E-state index in [-0.39, 0.29) is 10.8 Å². The van der Waals surface area contributed by atoms with E-state index in [1.54, 1.807) is 18.2 Å². The Kier molecular flexibility index (Phi) is 5.25. The molecule has 0 spiro atoms. The van der Waals surface area contributed by atoms with Gasteiger partial charge < -0.3 is 9.64 Å². The average Bonchev–Trinajstić information content (AvgIpc) is 2.69. The molecule has 29 heavy (non-hydrogen) atoms. The number of hydrogen-bond donors (Lipinski definition) is 1. The first-order chi connectivity index (χ1) is 13.9. The second kappa shape index (κ2) is 7.71. The predicted octanol–water partition coefficient (Wildman–Crippen LogP) is 3.81. The van der Waals surface area contributed by atoms with Crippen LogP contribution in [0.2, 0.25) is 0 Å². The summed E-state index contributed by atoms with van der Waals surface area (Å²) in [4.78, 5) is 14.3. The number of nitrogens with zero attached hydrogens (tertiary/aromatic N) is 1. The maximum absolute atomic E-state index is 13.0. The van der Waals surface area contributed by atoms with E-state index in [1.807, 2.05) is 30.9 Å². The van der Waals surface area contributed by atoms with Crippen LogP contribution in [0.15, 0.2) is 35.2 Å². The van der Waals surface area contributed by atoms with E-state index < -0.39 is 10.0 Å². The lowest BCUT2D eigenvalue weighted by Gasteiger charge is -2.35. The summed E-state index contributed by atoms with van der Waals surface area (Å²) >= 11 is 0. The van der Waals surface area contributed by atoms with Gasteiger partial charge in [0.2, 0.25) is 5.91 Å². The van der Waals surface area contributed by atoms with E-state index in [4.69, 9.17) is 4.74 Å². The number of carbonyl (C=O) groups is 1. The fourth-order valence-corrected chi connectivity index (χ4v) is 5.21. The first-order valence-corrected chi connectivity index (χ1v) is 11.6. The number of hydrogen-bond acceptors (Lipinski definition) is 4. The quantitative estimate of drug-likeness (QED) is 0.780. The molecule has 154 valence electrons. The Morgan fingerprint density at radius 3 is 2.59 bits per heavy atom. The first kappa shape index (κ1) is 19.8. The van der Waals surface area contributed by atoms with Gasteiger partial charge in [0.25, 0.3) is 10.0 Å². The molecule has 2 aliphatic rings. The third-order valence-electron chi connectivity index (χ3n) is 5.45. The molecule has 0 aliphatic carbocycles. The van der Waals surface area contributed by atoms with Crippen LogP contribution in [0.25, 0.3) is 0 Å². The second-order valence-electron chi connectivity index (χ2n) is 7.67. The summed E-state index contributed by atoms with van der Waals surface area (Å²) in [5.41, 5.74) is 4.41. The highest BCUT2D eigenvalue weighted by Gasteiger charge is 2.30. The summed E-state index contributed by atoms with van der Waals surface area (Å²) in [5.74, 6) is 0.862. The molecule has 2 aliphatic heterocycles. The molecule has 0 unspecified atom stereocenters. The number of carbonyl (C=O) groups excluding carboxylic acids is 1. The number of aryl methyl sites for hydroxylation is 3. The molecule has 6 nitrogen and oxygen atoms in total. The summed E-state index contributed by atoms with van der Waals surface area (Å²) in [6.45, 7) is 5.22. The van der Waals surface area contributed by atoms with Crippen LogP contribution in [0.3, 0.4) is 0 Å². The summed E-state index contributed by atoms with van der Waals surface area (Å²) in [7, 11) is -3.72. The van der Waals surface area contributed by atoms with Gasteiger partial charge in [-0.05, 0) is 79.6 Å². The monoisotopic (exact) mass is 414 g/mol. The van der Waals surface area contributed by atoms with Gasteiger partial charge in [-0.3, -0.25) is 9.52 Å². The molecule has 2 aromatic carbocycles. The third kappa shape index (κ3) is 3.83. The molecule has 7 heteroatoms. The van der Waals surface area contributed by atoms with Crippen molar-refractivity contribution in [3.8, 4) is 5.75 Å². The molecule has 0 aromatic heterocycles. The van der Waals surface area contributed by atoms with Crippen LogP contribution in [0, 0.1) is 6.92 Å². The number of amides is 1. The lowest BCUT2D eigenvalue weighted by Crippen LogP contribution is -2.39. The highest BCUT2D eigenvalue weighted by Crippen LogP contribution is 2.38. The Hall–Kier alpha value is -2.54. The number of benzene rings is 2. The molecule has 1 amide bonds. The Morgan fingerprint density at radius 2 is 1.86 bits per heavy atom. The molecule has 2 aromatic rings. The van der Waals surface area contributed by atoms with E-state index >= 15 is 0 Å². The van der Waals surface area contributed by atoms with Crippen LogP contribution in [0.5, 0.6) is 5.75 Å². The minimum absolute atomic E-state index is 0.160. The number of rotatable bonds is 6. The molecule has 2 heterocycles. The van der Waals surface area contributed by atoms with Crippen LogP contribution in [-0.2, 0) is 27.7 Å². The van der Waals surface area contributed by atoms with Gasteiger partial charge in [0.1, 0.15) is 5.75 Å². The summed E-state index contributed by atoms with van der Waals surface area (Å²) < 4.78 is 34.3. The zero-order chi connectivity index (χ0) is 20.6. The number of sulfonamides is 1. The molecule has 0 bridgehead atoms. The normalized spacial score (nSPS) is 15.8. The van der Waals surface area contributed by atoms with Gasteiger partial charge >= 0.3 is 0 Å². The summed E-state index contributed by atoms with van der Waals surface area (Å²) in [6, 6.07) is 8.65. The zero-order valence-electron chi connectivity index (χ0n) is 16.8. The molecule has 0 fully saturated rings. The van der Waals surface area contributed by atoms with Crippen molar-refractivity contribution in [3.05, 3.63) is 47.0 Å². The number of anilines is 2. The fraction of sp³-hybridized carbons (Fsp3) is 0.409. The maximum Gasteiger partial charge on any atom is 0.261 e. The molecule has 1 N–H and O–H groups in total. The largest absolute Gasteiger partial charge is 0.493 e. The van der Waals surface area contributed by atoms with Crippen LogP contribution < -0.4 is 14.4 Å². The molecular weight excluding hydrogens is 388 g/mol. The molecule has 4 rings (SSSR count). The van der Waals surface area contributed by atoms with Gasteiger partial charge in [-0.25, -0.2) is 8.42 Å². The van der Waals surface area contributed by atoms with Gasteiger partial charge in [-0.15, -0.1) is 0 Å². The lowest BCUT2D eigenvalue weighted by atomic mass is 9.91. The maximum atomic E-state index is 13.0. The summed E-state index contributed by atoms with van der Waals surface area (Å²) in [6.07, 6.45) is 3.76. The van der Waals surface area contributed by atoms with Gasteiger partial charge in [-0.1, -0.05) is 6.92 Å². The van der Waals surface area contributed by atoms with E-state index in [0.717, 1.165) is 48.2 Å². The van der Waals surface area contributed by atoms with Crippen LogP contribution in [0.1, 0.15) is 42.9 Å². The summed E-state index contributed by atoms with van der Waals surface area (Å²) in [5, 5.41) is 0. The van der Waals surface area contributed by atoms with E-state index in [9.17, 15) is 13.2 Å². The van der Waals surface area contributed by atoms with Crippen molar-refractivity contribution < 1.29 is 17.9 Å². The molecule has 0 atom stereocenters. The Labute approximate surface area is 171 Å². The lowest BCUT2D eigenvalue weighted by molar-refractivity contribution is -0.119. The van der Waals surface area contributed by atoms with Crippen molar-refractivity contribution in [1.29, 1.82) is 0 Å². The average molecular weight is 415 g/mol. The smallest absolute Gasteiger partial charge is 0.261 e. The van der Waals surface area contributed by atoms with Crippen LogP contribution in [-0.4, -0.2) is 27.5 Å². The van der Waals surface area contributed by atoms with Crippen molar-refractivity contribution in [2.24, 2.45) is 0 Å². The van der Waals surface area contributed by atoms with Crippen molar-refractivity contribution in [2.75, 3.05) is 22.8 Å². The standard InChI is InChI=1S/C22H26N2O4S/c1-3-11-28-20-8-7-19(12-15(20)2)29(26,27)23-18-13-16-5-4-10-24-21(25)9-6-17(14-18)22(16)24/h7-8,12-14,23H,3-6,9-11H2,1-2H3. The van der Waals surface area contributed by atoms with Crippen LogP contribution >= 0.6 is 0 Å². The second-order valence-corrected chi connectivity index (χ2v) is 9.36. The Balaban J connectivity index is 1.62. The number of ether oxygens (including phenoxy) is 1. The first-order valence-electron chi connectivity index (χ1n) is 10.1. The highest BCUT2D eigenvalue weighted by atomic mass is 32.2. The van der Waals surface area contributed by atoms with Gasteiger partial charge in [0.05, 0.1) is 17.2 Å². The van der Waals surface area contributed by atoms with Crippen molar-refractivity contribution in [2.45, 2.75) is 50.8 Å². The van der Waals surface area contributed by atoms with E-state index in [0.29, 0.717) is 30.9 Å². The molecule has 0 radical (unpaired) electrons. The molecular formula is C22H26N2O4S. The Bertz CT molecular complexity index is 1050. The predicted molar refractivity (Wildman–Crippen MR) is 113 cm³/mol. The van der Waals surface area contributed by atoms with Crippen molar-refractivity contribution in [3.63, 3.8) is 0 Å². The van der Waals surface area contributed by atoms with Gasteiger partial charge in [0, 0.05) is 18.7 Å². The Morgan fingerprint density at radius 1 is 1.10 bits per heavy atom. The van der Waals surface area contributed by atoms with Gasteiger partial charge in [-0.2, -0.15) is 0 Å².